The zero-order valence-electron chi connectivity index (χ0n) is 29.8. The topological polar surface area (TPSA) is 0 Å². The van der Waals surface area contributed by atoms with Gasteiger partial charge < -0.3 is 0 Å². The van der Waals surface area contributed by atoms with E-state index in [4.69, 9.17) is 0 Å². The maximum absolute atomic E-state index is 3.77. The van der Waals surface area contributed by atoms with Crippen molar-refractivity contribution in [3.8, 4) is 22.3 Å². The molecule has 0 radical (unpaired) electrons. The first-order valence-corrected chi connectivity index (χ1v) is 29.7. The third kappa shape index (κ3) is 5.98. The third-order valence-electron chi connectivity index (χ3n) is 12.2. The largest absolute Gasteiger partial charge is 0.147 e. The normalized spacial score (nSPS) is 16.9. The van der Waals surface area contributed by atoms with Gasteiger partial charge in [-0.3, -0.25) is 0 Å². The average Bonchev–Trinajstić information content (AvgIpc) is 3.66. The van der Waals surface area contributed by atoms with Crippen LogP contribution < -0.4 is 0 Å². The summed E-state index contributed by atoms with van der Waals surface area (Å²) in [5.74, 6) is 0. The Balaban J connectivity index is 0.00000250. The zero-order valence-corrected chi connectivity index (χ0v) is 35.3. The molecule has 0 N–H and O–H groups in total. The molecule has 4 heteroatoms. The van der Waals surface area contributed by atoms with Crippen molar-refractivity contribution in [1.82, 2.24) is 0 Å². The first kappa shape index (κ1) is 37.9. The van der Waals surface area contributed by atoms with Crippen LogP contribution in [0.4, 0.5) is 0 Å². The van der Waals surface area contributed by atoms with E-state index in [0.29, 0.717) is 7.25 Å². The Morgan fingerprint density at radius 3 is 1.36 bits per heavy atom. The molecule has 0 amide bonds. The molecule has 0 saturated carbocycles. The van der Waals surface area contributed by atoms with Crippen LogP contribution in [0.1, 0.15) is 99.7 Å². The van der Waals surface area contributed by atoms with Gasteiger partial charge in [0.2, 0.25) is 0 Å². The van der Waals surface area contributed by atoms with Crippen LogP contribution in [0.25, 0.3) is 34.4 Å². The average molecular weight is 761 g/mol. The minimum atomic E-state index is -3.77. The summed E-state index contributed by atoms with van der Waals surface area (Å²) < 4.78 is 3.79. The van der Waals surface area contributed by atoms with Gasteiger partial charge >= 0.3 is 277 Å². The summed E-state index contributed by atoms with van der Waals surface area (Å²) in [5, 5.41) is 0. The van der Waals surface area contributed by atoms with Crippen LogP contribution in [0.5, 0.6) is 0 Å². The van der Waals surface area contributed by atoms with Gasteiger partial charge in [0, 0.05) is 0 Å². The van der Waals surface area contributed by atoms with Gasteiger partial charge in [-0.05, 0) is 0 Å². The second kappa shape index (κ2) is 14.5. The first-order chi connectivity index (χ1) is 21.6. The van der Waals surface area contributed by atoms with Gasteiger partial charge in [-0.2, -0.15) is 0 Å². The van der Waals surface area contributed by atoms with E-state index < -0.39 is 17.4 Å². The van der Waals surface area contributed by atoms with E-state index in [1.54, 1.807) is 22.3 Å². The summed E-state index contributed by atoms with van der Waals surface area (Å²) in [6.45, 7) is 21.9. The third-order valence-corrected chi connectivity index (χ3v) is 43.0. The standard InChI is InChI=1S/C20H21.C19H19.2C2H5.2ClH.H2Si.Zr/c1-4-15-7-9-17(10-8-15)18-11-6-14(3)19-12-16(5-2)13-20(18)19;1-4-15-6-8-16(9-7-15)17-10-5-14(3)18-11-13(2)12-19(17)18;2*1-2;;;;/h6-13H,4-5H2,1-3H3;5-12H,4H2,1-3H3;2*1H2,2H3;2*1H;1H2;. The van der Waals surface area contributed by atoms with Crippen molar-refractivity contribution >= 4 is 43.8 Å². The first-order valence-electron chi connectivity index (χ1n) is 17.5. The van der Waals surface area contributed by atoms with Crippen molar-refractivity contribution in [3.63, 3.8) is 0 Å². The van der Waals surface area contributed by atoms with Crippen LogP contribution in [-0.2, 0) is 30.2 Å². The van der Waals surface area contributed by atoms with Crippen molar-refractivity contribution in [3.05, 3.63) is 128 Å². The van der Waals surface area contributed by atoms with Crippen molar-refractivity contribution in [2.45, 2.75) is 90.2 Å². The fraction of sp³-hybridized carbons (Fsp3) is 0.349. The number of aryl methyl sites for hydroxylation is 4. The predicted molar refractivity (Wildman–Crippen MR) is 213 cm³/mol. The number of hydrogen-bond donors (Lipinski definition) is 0. The second-order valence-electron chi connectivity index (χ2n) is 14.3. The molecule has 248 valence electrons. The van der Waals surface area contributed by atoms with Gasteiger partial charge in [0.1, 0.15) is 0 Å². The smallest absolute Gasteiger partial charge is 0.147 e. The maximum Gasteiger partial charge on any atom is -0.147 e. The maximum atomic E-state index is 2.65. The molecule has 0 aliphatic heterocycles. The molecule has 47 heavy (non-hydrogen) atoms. The molecule has 2 atom stereocenters. The second-order valence-corrected chi connectivity index (χ2v) is 41.9. The van der Waals surface area contributed by atoms with E-state index >= 15 is 0 Å². The Hall–Kier alpha value is -1.96. The van der Waals surface area contributed by atoms with Crippen molar-refractivity contribution in [2.75, 3.05) is 0 Å². The van der Waals surface area contributed by atoms with Gasteiger partial charge in [-0.1, -0.05) is 0 Å². The molecular weight excluding hydrogens is 707 g/mol. The van der Waals surface area contributed by atoms with Gasteiger partial charge in [-0.25, -0.2) is 0 Å². The van der Waals surface area contributed by atoms with E-state index in [-0.39, 0.29) is 24.8 Å². The number of hydrogen-bond acceptors (Lipinski definition) is 0. The molecule has 0 nitrogen and oxygen atoms in total. The number of rotatable bonds is 9. The molecular formula is C43H54Cl2SiZr. The Labute approximate surface area is 299 Å². The van der Waals surface area contributed by atoms with Gasteiger partial charge in [0.15, 0.2) is 0 Å². The molecule has 2 aliphatic carbocycles. The minimum absolute atomic E-state index is 0. The van der Waals surface area contributed by atoms with E-state index in [1.807, 2.05) is 0 Å². The van der Waals surface area contributed by atoms with Crippen LogP contribution in [0.2, 0.25) is 8.26 Å². The number of halogens is 2. The molecule has 2 unspecified atom stereocenters. The summed E-state index contributed by atoms with van der Waals surface area (Å²) >= 11 is -3.77. The predicted octanol–water partition coefficient (Wildman–Crippen LogP) is 12.7. The van der Waals surface area contributed by atoms with Crippen LogP contribution in [0.3, 0.4) is 0 Å². The number of benzene rings is 4. The SMILES string of the molecule is CCC1=Cc2c(-c3ccc(CC)cc3)ccc(C)c2[CH]1[Zr](=[SiH2])([CH2]C)([CH2]C)[CH]1C(C)=Cc2c(-c3ccc(CC)cc3)ccc(C)c21.Cl.Cl. The summed E-state index contributed by atoms with van der Waals surface area (Å²) in [7, 11) is 0. The van der Waals surface area contributed by atoms with E-state index in [9.17, 15) is 0 Å². The number of allylic oxidation sites excluding steroid dienone is 2. The molecule has 0 aromatic heterocycles. The van der Waals surface area contributed by atoms with E-state index in [1.165, 1.54) is 63.9 Å². The Kier molecular flexibility index (Phi) is 11.7. The minimum Gasteiger partial charge on any atom is -0.147 e. The van der Waals surface area contributed by atoms with Crippen LogP contribution >= 0.6 is 24.8 Å². The van der Waals surface area contributed by atoms with Crippen LogP contribution in [-0.4, -0.2) is 6.88 Å². The Morgan fingerprint density at radius 1 is 0.532 bits per heavy atom. The molecule has 0 heterocycles. The number of fused-ring (bicyclic) bond motifs is 2. The zero-order chi connectivity index (χ0) is 32.1. The molecule has 0 bridgehead atoms. The van der Waals surface area contributed by atoms with E-state index in [0.717, 1.165) is 19.3 Å². The van der Waals surface area contributed by atoms with Gasteiger partial charge in [0.25, 0.3) is 0 Å². The van der Waals surface area contributed by atoms with Gasteiger partial charge in [-0.15, -0.1) is 24.8 Å². The molecule has 0 saturated heterocycles. The van der Waals surface area contributed by atoms with Crippen LogP contribution in [0, 0.1) is 13.8 Å². The van der Waals surface area contributed by atoms with E-state index in [2.05, 4.69) is 147 Å². The fourth-order valence-electron chi connectivity index (χ4n) is 9.34. The summed E-state index contributed by atoms with van der Waals surface area (Å²) in [6.07, 6.45) is 8.54. The monoisotopic (exact) mass is 758 g/mol. The van der Waals surface area contributed by atoms with Crippen LogP contribution in [0.15, 0.2) is 83.9 Å². The molecule has 0 fully saturated rings. The molecule has 2 aliphatic rings. The Bertz CT molecular complexity index is 1900. The quantitative estimate of drug-likeness (QED) is 0.149. The molecule has 4 aromatic carbocycles. The summed E-state index contributed by atoms with van der Waals surface area (Å²) in [5.41, 5.74) is 20.9. The van der Waals surface area contributed by atoms with Crippen molar-refractivity contribution < 1.29 is 17.4 Å². The van der Waals surface area contributed by atoms with Crippen molar-refractivity contribution in [2.24, 2.45) is 0 Å². The van der Waals surface area contributed by atoms with Gasteiger partial charge in [0.05, 0.1) is 0 Å². The summed E-state index contributed by atoms with van der Waals surface area (Å²) in [4.78, 5) is 0. The summed E-state index contributed by atoms with van der Waals surface area (Å²) in [6, 6.07) is 28.3. The Morgan fingerprint density at radius 2 is 0.957 bits per heavy atom. The molecule has 0 spiro atoms. The fourth-order valence-corrected chi connectivity index (χ4v) is 33.4. The molecule has 6 rings (SSSR count). The molecule has 4 aromatic rings. The van der Waals surface area contributed by atoms with Crippen molar-refractivity contribution in [1.29, 1.82) is 0 Å².